The minimum atomic E-state index is -0.602. The molecule has 3 aromatic rings. The van der Waals surface area contributed by atoms with E-state index < -0.39 is 11.8 Å². The topological polar surface area (TPSA) is 87.7 Å². The standard InChI is InChI=1S/C26H22ClN3O4/c1-15-7-12-21(16(2)13-15)30-25(32)22(27)23(26(30)33)28-19-6-4-5-17(14-19)24(31)29-18-8-10-20(34-3)11-9-18/h4-14,28H,1-3H3,(H,29,31). The highest BCUT2D eigenvalue weighted by Gasteiger charge is 2.39. The summed E-state index contributed by atoms with van der Waals surface area (Å²) in [5.41, 5.74) is 3.64. The Hall–Kier alpha value is -4.10. The summed E-state index contributed by atoms with van der Waals surface area (Å²) in [5, 5.41) is 5.51. The van der Waals surface area contributed by atoms with Gasteiger partial charge in [-0.25, -0.2) is 4.90 Å². The molecule has 0 saturated heterocycles. The van der Waals surface area contributed by atoms with Crippen molar-refractivity contribution < 1.29 is 19.1 Å². The van der Waals surface area contributed by atoms with Crippen LogP contribution in [0.25, 0.3) is 0 Å². The third-order valence-corrected chi connectivity index (χ3v) is 5.71. The van der Waals surface area contributed by atoms with E-state index in [2.05, 4.69) is 10.6 Å². The number of carbonyl (C=O) groups is 3. The molecular formula is C26H22ClN3O4. The summed E-state index contributed by atoms with van der Waals surface area (Å²) in [5.74, 6) is -0.816. The molecular weight excluding hydrogens is 454 g/mol. The molecule has 0 radical (unpaired) electrons. The van der Waals surface area contributed by atoms with Gasteiger partial charge in [-0.3, -0.25) is 14.4 Å². The average Bonchev–Trinajstić information content (AvgIpc) is 3.03. The predicted octanol–water partition coefficient (Wildman–Crippen LogP) is 5.00. The van der Waals surface area contributed by atoms with Gasteiger partial charge in [0.25, 0.3) is 17.7 Å². The van der Waals surface area contributed by atoms with Crippen molar-refractivity contribution in [2.75, 3.05) is 22.6 Å². The van der Waals surface area contributed by atoms with E-state index in [1.807, 2.05) is 26.0 Å². The third kappa shape index (κ3) is 4.51. The largest absolute Gasteiger partial charge is 0.497 e. The zero-order valence-electron chi connectivity index (χ0n) is 18.8. The number of aryl methyl sites for hydroxylation is 2. The lowest BCUT2D eigenvalue weighted by Gasteiger charge is -2.18. The van der Waals surface area contributed by atoms with E-state index in [0.29, 0.717) is 28.4 Å². The first-order chi connectivity index (χ1) is 16.3. The molecule has 3 amide bonds. The van der Waals surface area contributed by atoms with Crippen molar-refractivity contribution >= 4 is 46.4 Å². The van der Waals surface area contributed by atoms with E-state index in [0.717, 1.165) is 16.0 Å². The van der Waals surface area contributed by atoms with Crippen molar-refractivity contribution in [3.63, 3.8) is 0 Å². The van der Waals surface area contributed by atoms with Crippen LogP contribution < -0.4 is 20.3 Å². The molecule has 172 valence electrons. The lowest BCUT2D eigenvalue weighted by Crippen LogP contribution is -2.32. The Kier molecular flexibility index (Phi) is 6.38. The summed E-state index contributed by atoms with van der Waals surface area (Å²) in [6.45, 7) is 3.76. The maximum absolute atomic E-state index is 13.1. The van der Waals surface area contributed by atoms with Gasteiger partial charge >= 0.3 is 0 Å². The van der Waals surface area contributed by atoms with E-state index in [4.69, 9.17) is 16.3 Å². The van der Waals surface area contributed by atoms with E-state index >= 15 is 0 Å². The smallest absolute Gasteiger partial charge is 0.283 e. The Balaban J connectivity index is 1.53. The summed E-state index contributed by atoms with van der Waals surface area (Å²) in [6, 6.07) is 18.9. The van der Waals surface area contributed by atoms with Crippen LogP contribution in [0.4, 0.5) is 17.1 Å². The number of amides is 3. The number of hydrogen-bond acceptors (Lipinski definition) is 5. The van der Waals surface area contributed by atoms with Crippen molar-refractivity contribution in [2.24, 2.45) is 0 Å². The van der Waals surface area contributed by atoms with Crippen molar-refractivity contribution in [3.8, 4) is 5.75 Å². The van der Waals surface area contributed by atoms with E-state index in [1.54, 1.807) is 61.7 Å². The molecule has 0 unspecified atom stereocenters. The molecule has 1 heterocycles. The van der Waals surface area contributed by atoms with Crippen LogP contribution in [-0.4, -0.2) is 24.8 Å². The van der Waals surface area contributed by atoms with Gasteiger partial charge in [0.15, 0.2) is 0 Å². The molecule has 0 bridgehead atoms. The third-order valence-electron chi connectivity index (χ3n) is 5.36. The zero-order chi connectivity index (χ0) is 24.4. The fourth-order valence-corrected chi connectivity index (χ4v) is 3.86. The normalized spacial score (nSPS) is 13.4. The van der Waals surface area contributed by atoms with Crippen LogP contribution in [0.2, 0.25) is 0 Å². The lowest BCUT2D eigenvalue weighted by molar-refractivity contribution is -0.120. The molecule has 34 heavy (non-hydrogen) atoms. The van der Waals surface area contributed by atoms with E-state index in [9.17, 15) is 14.4 Å². The van der Waals surface area contributed by atoms with Gasteiger partial charge in [0, 0.05) is 16.9 Å². The Morgan fingerprint density at radius 2 is 1.65 bits per heavy atom. The van der Waals surface area contributed by atoms with Gasteiger partial charge in [-0.1, -0.05) is 35.4 Å². The second kappa shape index (κ2) is 9.41. The highest BCUT2D eigenvalue weighted by molar-refractivity contribution is 6.53. The molecule has 1 aliphatic rings. The summed E-state index contributed by atoms with van der Waals surface area (Å²) >= 11 is 6.25. The first-order valence-electron chi connectivity index (χ1n) is 10.5. The summed E-state index contributed by atoms with van der Waals surface area (Å²) in [4.78, 5) is 39.6. The average molecular weight is 476 g/mol. The van der Waals surface area contributed by atoms with Crippen LogP contribution in [0, 0.1) is 13.8 Å². The fraction of sp³-hybridized carbons (Fsp3) is 0.115. The first-order valence-corrected chi connectivity index (χ1v) is 10.8. The zero-order valence-corrected chi connectivity index (χ0v) is 19.6. The molecule has 3 aromatic carbocycles. The number of imide groups is 1. The summed E-state index contributed by atoms with van der Waals surface area (Å²) in [7, 11) is 1.57. The molecule has 4 rings (SSSR count). The summed E-state index contributed by atoms with van der Waals surface area (Å²) in [6.07, 6.45) is 0. The maximum Gasteiger partial charge on any atom is 0.283 e. The Labute approximate surface area is 202 Å². The number of ether oxygens (including phenoxy) is 1. The van der Waals surface area contributed by atoms with Crippen LogP contribution >= 0.6 is 11.6 Å². The number of benzene rings is 3. The minimum Gasteiger partial charge on any atom is -0.497 e. The highest BCUT2D eigenvalue weighted by Crippen LogP contribution is 2.32. The molecule has 1 aliphatic heterocycles. The van der Waals surface area contributed by atoms with E-state index in [-0.39, 0.29) is 16.6 Å². The number of hydrogen-bond donors (Lipinski definition) is 2. The van der Waals surface area contributed by atoms with Gasteiger partial charge in [0.2, 0.25) is 0 Å². The molecule has 0 aliphatic carbocycles. The number of methoxy groups -OCH3 is 1. The molecule has 0 fully saturated rings. The number of anilines is 3. The van der Waals surface area contributed by atoms with Gasteiger partial charge in [0.1, 0.15) is 16.5 Å². The molecule has 0 aromatic heterocycles. The molecule has 0 spiro atoms. The number of carbonyl (C=O) groups excluding carboxylic acids is 3. The van der Waals surface area contributed by atoms with Crippen molar-refractivity contribution in [2.45, 2.75) is 13.8 Å². The van der Waals surface area contributed by atoms with Crippen molar-refractivity contribution in [1.82, 2.24) is 0 Å². The van der Waals surface area contributed by atoms with E-state index in [1.165, 1.54) is 0 Å². The van der Waals surface area contributed by atoms with Gasteiger partial charge in [-0.05, 0) is 67.9 Å². The molecule has 2 N–H and O–H groups in total. The van der Waals surface area contributed by atoms with Crippen LogP contribution in [0.3, 0.4) is 0 Å². The minimum absolute atomic E-state index is 0.0423. The van der Waals surface area contributed by atoms with Gasteiger partial charge < -0.3 is 15.4 Å². The maximum atomic E-state index is 13.1. The number of halogens is 1. The number of rotatable bonds is 6. The molecule has 0 atom stereocenters. The van der Waals surface area contributed by atoms with Crippen LogP contribution in [-0.2, 0) is 9.59 Å². The van der Waals surface area contributed by atoms with Crippen LogP contribution in [0.1, 0.15) is 21.5 Å². The Bertz CT molecular complexity index is 1330. The SMILES string of the molecule is COc1ccc(NC(=O)c2cccc(NC3=C(Cl)C(=O)N(c4ccc(C)cc4C)C3=O)c2)cc1. The van der Waals surface area contributed by atoms with Gasteiger partial charge in [-0.15, -0.1) is 0 Å². The molecule has 8 heteroatoms. The fourth-order valence-electron chi connectivity index (χ4n) is 3.65. The number of nitrogens with zero attached hydrogens (tertiary/aromatic N) is 1. The Morgan fingerprint density at radius 3 is 2.32 bits per heavy atom. The molecule has 7 nitrogen and oxygen atoms in total. The van der Waals surface area contributed by atoms with Crippen molar-refractivity contribution in [3.05, 3.63) is 94.1 Å². The van der Waals surface area contributed by atoms with Crippen LogP contribution in [0.15, 0.2) is 77.5 Å². The second-order valence-corrected chi connectivity index (χ2v) is 8.19. The van der Waals surface area contributed by atoms with Crippen molar-refractivity contribution in [1.29, 1.82) is 0 Å². The van der Waals surface area contributed by atoms with Gasteiger partial charge in [-0.2, -0.15) is 0 Å². The second-order valence-electron chi connectivity index (χ2n) is 7.81. The molecule has 0 saturated carbocycles. The van der Waals surface area contributed by atoms with Crippen LogP contribution in [0.5, 0.6) is 5.75 Å². The predicted molar refractivity (Wildman–Crippen MR) is 132 cm³/mol. The summed E-state index contributed by atoms with van der Waals surface area (Å²) < 4.78 is 5.12. The number of nitrogens with one attached hydrogen (secondary N) is 2. The Morgan fingerprint density at radius 1 is 0.912 bits per heavy atom. The quantitative estimate of drug-likeness (QED) is 0.490. The highest BCUT2D eigenvalue weighted by atomic mass is 35.5. The monoisotopic (exact) mass is 475 g/mol. The van der Waals surface area contributed by atoms with Gasteiger partial charge in [0.05, 0.1) is 12.8 Å². The lowest BCUT2D eigenvalue weighted by atomic mass is 10.1. The first kappa shape index (κ1) is 23.1.